The predicted molar refractivity (Wildman–Crippen MR) is 67.4 cm³/mol. The van der Waals surface area contributed by atoms with E-state index in [0.29, 0.717) is 11.5 Å². The van der Waals surface area contributed by atoms with Gasteiger partial charge < -0.3 is 10.4 Å². The highest BCUT2D eigenvalue weighted by molar-refractivity contribution is 6.32. The lowest BCUT2D eigenvalue weighted by molar-refractivity contribution is 0.0937. The monoisotopic (exact) mass is 253 g/mol. The van der Waals surface area contributed by atoms with E-state index in [9.17, 15) is 9.90 Å². The molecule has 2 atom stereocenters. The summed E-state index contributed by atoms with van der Waals surface area (Å²) in [7, 11) is 0. The number of rotatable bonds is 2. The van der Waals surface area contributed by atoms with Gasteiger partial charge in [0.2, 0.25) is 0 Å². The maximum Gasteiger partial charge on any atom is 0.251 e. The first-order valence-corrected chi connectivity index (χ1v) is 6.23. The quantitative estimate of drug-likeness (QED) is 0.851. The summed E-state index contributed by atoms with van der Waals surface area (Å²) < 4.78 is 0. The molecule has 1 aliphatic carbocycles. The van der Waals surface area contributed by atoms with Gasteiger partial charge in [-0.05, 0) is 43.4 Å². The molecule has 1 aromatic carbocycles. The maximum atomic E-state index is 11.9. The van der Waals surface area contributed by atoms with Crippen LogP contribution in [-0.4, -0.2) is 17.1 Å². The molecule has 2 rings (SSSR count). The van der Waals surface area contributed by atoms with E-state index in [2.05, 4.69) is 12.2 Å². The van der Waals surface area contributed by atoms with E-state index < -0.39 is 0 Å². The number of amides is 1. The van der Waals surface area contributed by atoms with Crippen LogP contribution < -0.4 is 5.32 Å². The molecule has 17 heavy (non-hydrogen) atoms. The van der Waals surface area contributed by atoms with E-state index in [1.807, 2.05) is 0 Å². The minimum atomic E-state index is -0.119. The molecular weight excluding hydrogens is 238 g/mol. The van der Waals surface area contributed by atoms with Gasteiger partial charge in [0.05, 0.1) is 5.02 Å². The number of benzene rings is 1. The Labute approximate surface area is 106 Å². The second-order valence-corrected chi connectivity index (χ2v) is 5.16. The Morgan fingerprint density at radius 2 is 2.24 bits per heavy atom. The summed E-state index contributed by atoms with van der Waals surface area (Å²) in [5, 5.41) is 12.5. The molecule has 0 aromatic heterocycles. The van der Waals surface area contributed by atoms with Crippen LogP contribution in [0.25, 0.3) is 0 Å². The molecule has 92 valence electrons. The number of carbonyl (C=O) groups excluding carboxylic acids is 1. The normalized spacial score (nSPS) is 23.6. The van der Waals surface area contributed by atoms with Crippen LogP contribution in [0.3, 0.4) is 0 Å². The molecular formula is C13H16ClNO2. The zero-order chi connectivity index (χ0) is 12.4. The number of hydrogen-bond acceptors (Lipinski definition) is 2. The van der Waals surface area contributed by atoms with Gasteiger partial charge in [0.25, 0.3) is 5.91 Å². The Kier molecular flexibility index (Phi) is 3.57. The lowest BCUT2D eigenvalue weighted by Gasteiger charge is -2.12. The fraction of sp³-hybridized carbons (Fsp3) is 0.462. The zero-order valence-electron chi connectivity index (χ0n) is 9.74. The summed E-state index contributed by atoms with van der Waals surface area (Å²) in [5.41, 5.74) is 0.493. The minimum absolute atomic E-state index is 0.00212. The highest BCUT2D eigenvalue weighted by Gasteiger charge is 2.23. The van der Waals surface area contributed by atoms with Gasteiger partial charge >= 0.3 is 0 Å². The highest BCUT2D eigenvalue weighted by atomic mass is 35.5. The predicted octanol–water partition coefficient (Wildman–Crippen LogP) is 2.96. The van der Waals surface area contributed by atoms with Gasteiger partial charge in [0.1, 0.15) is 5.75 Å². The van der Waals surface area contributed by atoms with Crippen LogP contribution in [0.4, 0.5) is 0 Å². The first kappa shape index (κ1) is 12.2. The first-order chi connectivity index (χ1) is 8.06. The van der Waals surface area contributed by atoms with Crippen molar-refractivity contribution in [3.63, 3.8) is 0 Å². The van der Waals surface area contributed by atoms with Gasteiger partial charge in [0.15, 0.2) is 0 Å². The smallest absolute Gasteiger partial charge is 0.251 e. The summed E-state index contributed by atoms with van der Waals surface area (Å²) >= 11 is 5.77. The van der Waals surface area contributed by atoms with Gasteiger partial charge in [-0.1, -0.05) is 18.5 Å². The standard InChI is InChI=1S/C13H16ClNO2/c1-8-2-4-10(6-8)15-13(17)9-3-5-12(16)11(14)7-9/h3,5,7-8,10,16H,2,4,6H2,1H3,(H,15,17). The van der Waals surface area contributed by atoms with Crippen molar-refractivity contribution in [3.05, 3.63) is 28.8 Å². The van der Waals surface area contributed by atoms with E-state index in [0.717, 1.165) is 12.8 Å². The van der Waals surface area contributed by atoms with Crippen molar-refractivity contribution >= 4 is 17.5 Å². The summed E-state index contributed by atoms with van der Waals surface area (Å²) in [6.07, 6.45) is 3.25. The van der Waals surface area contributed by atoms with Crippen molar-refractivity contribution in [2.75, 3.05) is 0 Å². The molecule has 3 nitrogen and oxygen atoms in total. The van der Waals surface area contributed by atoms with Crippen LogP contribution in [0.2, 0.25) is 5.02 Å². The van der Waals surface area contributed by atoms with Gasteiger partial charge in [0, 0.05) is 11.6 Å². The average molecular weight is 254 g/mol. The summed E-state index contributed by atoms with van der Waals surface area (Å²) in [6.45, 7) is 2.20. The number of hydrogen-bond donors (Lipinski definition) is 2. The summed E-state index contributed by atoms with van der Waals surface area (Å²) in [4.78, 5) is 11.9. The van der Waals surface area contributed by atoms with Crippen molar-refractivity contribution < 1.29 is 9.90 Å². The number of aromatic hydroxyl groups is 1. The van der Waals surface area contributed by atoms with Crippen molar-refractivity contribution in [1.82, 2.24) is 5.32 Å². The molecule has 0 radical (unpaired) electrons. The molecule has 1 amide bonds. The van der Waals surface area contributed by atoms with E-state index in [1.54, 1.807) is 6.07 Å². The largest absolute Gasteiger partial charge is 0.506 e. The Morgan fingerprint density at radius 3 is 2.82 bits per heavy atom. The van der Waals surface area contributed by atoms with Gasteiger partial charge in [-0.25, -0.2) is 0 Å². The third kappa shape index (κ3) is 2.91. The van der Waals surface area contributed by atoms with Gasteiger partial charge in [-0.2, -0.15) is 0 Å². The van der Waals surface area contributed by atoms with Crippen LogP contribution >= 0.6 is 11.6 Å². The van der Waals surface area contributed by atoms with Crippen LogP contribution in [0.15, 0.2) is 18.2 Å². The average Bonchev–Trinajstić information content (AvgIpc) is 2.68. The number of carbonyl (C=O) groups is 1. The Hall–Kier alpha value is -1.22. The third-order valence-corrected chi connectivity index (χ3v) is 3.54. The second-order valence-electron chi connectivity index (χ2n) is 4.75. The molecule has 4 heteroatoms. The SMILES string of the molecule is CC1CCC(NC(=O)c2ccc(O)c(Cl)c2)C1. The third-order valence-electron chi connectivity index (χ3n) is 3.24. The molecule has 1 fully saturated rings. The van der Waals surface area contributed by atoms with Crippen molar-refractivity contribution in [2.45, 2.75) is 32.2 Å². The number of halogens is 1. The molecule has 1 saturated carbocycles. The van der Waals surface area contributed by atoms with Crippen LogP contribution in [-0.2, 0) is 0 Å². The molecule has 0 spiro atoms. The highest BCUT2D eigenvalue weighted by Crippen LogP contribution is 2.26. The molecule has 0 bridgehead atoms. The fourth-order valence-corrected chi connectivity index (χ4v) is 2.44. The molecule has 0 aliphatic heterocycles. The number of nitrogens with one attached hydrogen (secondary N) is 1. The number of phenols is 1. The van der Waals surface area contributed by atoms with Crippen LogP contribution in [0, 0.1) is 5.92 Å². The number of phenolic OH excluding ortho intramolecular Hbond substituents is 1. The molecule has 1 aliphatic rings. The molecule has 0 heterocycles. The fourth-order valence-electron chi connectivity index (χ4n) is 2.26. The Balaban J connectivity index is 2.02. The maximum absolute atomic E-state index is 11.9. The van der Waals surface area contributed by atoms with E-state index in [1.165, 1.54) is 18.6 Å². The van der Waals surface area contributed by atoms with Gasteiger partial charge in [-0.15, -0.1) is 0 Å². The van der Waals surface area contributed by atoms with Crippen molar-refractivity contribution in [3.8, 4) is 5.75 Å². The first-order valence-electron chi connectivity index (χ1n) is 5.85. The van der Waals surface area contributed by atoms with Crippen molar-refractivity contribution in [2.24, 2.45) is 5.92 Å². The van der Waals surface area contributed by atoms with Gasteiger partial charge in [-0.3, -0.25) is 4.79 Å². The Morgan fingerprint density at radius 1 is 1.47 bits per heavy atom. The Bertz CT molecular complexity index is 433. The lowest BCUT2D eigenvalue weighted by atomic mass is 10.1. The molecule has 2 unspecified atom stereocenters. The topological polar surface area (TPSA) is 49.3 Å². The second kappa shape index (κ2) is 4.96. The lowest BCUT2D eigenvalue weighted by Crippen LogP contribution is -2.32. The molecule has 2 N–H and O–H groups in total. The van der Waals surface area contributed by atoms with Crippen LogP contribution in [0.1, 0.15) is 36.5 Å². The molecule has 0 saturated heterocycles. The van der Waals surface area contributed by atoms with E-state index in [-0.39, 0.29) is 22.7 Å². The van der Waals surface area contributed by atoms with Crippen LogP contribution in [0.5, 0.6) is 5.75 Å². The molecule has 1 aromatic rings. The van der Waals surface area contributed by atoms with Crippen molar-refractivity contribution in [1.29, 1.82) is 0 Å². The summed E-state index contributed by atoms with van der Waals surface area (Å²) in [5.74, 6) is 0.562. The zero-order valence-corrected chi connectivity index (χ0v) is 10.5. The van der Waals surface area contributed by atoms with E-state index in [4.69, 9.17) is 11.6 Å². The summed E-state index contributed by atoms with van der Waals surface area (Å²) in [6, 6.07) is 4.78. The minimum Gasteiger partial charge on any atom is -0.506 e. The van der Waals surface area contributed by atoms with E-state index >= 15 is 0 Å².